The SMILES string of the molecule is CC.CCc1ccc(-c2cc(OC)ccc2F)c(CC(C)C)c1. The lowest BCUT2D eigenvalue weighted by atomic mass is 9.91. The molecule has 0 saturated heterocycles. The summed E-state index contributed by atoms with van der Waals surface area (Å²) in [6, 6.07) is 11.2. The predicted molar refractivity (Wildman–Crippen MR) is 97.7 cm³/mol. The van der Waals surface area contributed by atoms with Crippen LogP contribution in [0.5, 0.6) is 5.75 Å². The van der Waals surface area contributed by atoms with Gasteiger partial charge in [0.05, 0.1) is 7.11 Å². The predicted octanol–water partition coefficient (Wildman–Crippen LogP) is 6.29. The number of hydrogen-bond donors (Lipinski definition) is 0. The van der Waals surface area contributed by atoms with Crippen LogP contribution in [0, 0.1) is 11.7 Å². The van der Waals surface area contributed by atoms with E-state index in [1.807, 2.05) is 19.9 Å². The minimum absolute atomic E-state index is 0.204. The maximum atomic E-state index is 14.2. The number of aryl methyl sites for hydroxylation is 1. The first-order valence-electron chi connectivity index (χ1n) is 8.50. The number of halogens is 1. The Morgan fingerprint density at radius 1 is 1.00 bits per heavy atom. The second-order valence-corrected chi connectivity index (χ2v) is 5.79. The van der Waals surface area contributed by atoms with Gasteiger partial charge >= 0.3 is 0 Å². The molecule has 0 aliphatic rings. The van der Waals surface area contributed by atoms with E-state index in [-0.39, 0.29) is 5.82 Å². The molecular formula is C21H29FO. The molecule has 23 heavy (non-hydrogen) atoms. The average molecular weight is 316 g/mol. The Kier molecular flexibility index (Phi) is 7.80. The fraction of sp³-hybridized carbons (Fsp3) is 0.429. The summed E-state index contributed by atoms with van der Waals surface area (Å²) in [7, 11) is 1.60. The van der Waals surface area contributed by atoms with Crippen molar-refractivity contribution in [3.05, 3.63) is 53.3 Å². The molecule has 0 aliphatic carbocycles. The van der Waals surface area contributed by atoms with E-state index in [1.54, 1.807) is 19.2 Å². The quantitative estimate of drug-likeness (QED) is 0.630. The molecule has 0 bridgehead atoms. The number of rotatable bonds is 5. The Bertz CT molecular complexity index is 617. The van der Waals surface area contributed by atoms with Crippen molar-refractivity contribution in [3.63, 3.8) is 0 Å². The van der Waals surface area contributed by atoms with Gasteiger partial charge in [0, 0.05) is 5.56 Å². The molecule has 0 heterocycles. The van der Waals surface area contributed by atoms with Crippen LogP contribution in [0.1, 0.15) is 45.7 Å². The summed E-state index contributed by atoms with van der Waals surface area (Å²) in [4.78, 5) is 0. The van der Waals surface area contributed by atoms with Gasteiger partial charge in [-0.25, -0.2) is 4.39 Å². The molecule has 1 nitrogen and oxygen atoms in total. The third-order valence-electron chi connectivity index (χ3n) is 3.67. The fourth-order valence-corrected chi connectivity index (χ4v) is 2.58. The minimum atomic E-state index is -0.204. The van der Waals surface area contributed by atoms with Gasteiger partial charge in [-0.05, 0) is 53.6 Å². The first-order valence-corrected chi connectivity index (χ1v) is 8.50. The van der Waals surface area contributed by atoms with E-state index in [9.17, 15) is 4.39 Å². The highest BCUT2D eigenvalue weighted by molar-refractivity contribution is 5.70. The molecule has 0 spiro atoms. The zero-order valence-corrected chi connectivity index (χ0v) is 15.2. The molecule has 0 aromatic heterocycles. The smallest absolute Gasteiger partial charge is 0.131 e. The van der Waals surface area contributed by atoms with Gasteiger partial charge in [0.25, 0.3) is 0 Å². The molecule has 0 aliphatic heterocycles. The van der Waals surface area contributed by atoms with Gasteiger partial charge < -0.3 is 4.74 Å². The lowest BCUT2D eigenvalue weighted by Gasteiger charge is -2.15. The molecule has 126 valence electrons. The second kappa shape index (κ2) is 9.34. The summed E-state index contributed by atoms with van der Waals surface area (Å²) in [5.41, 5.74) is 4.08. The van der Waals surface area contributed by atoms with Crippen molar-refractivity contribution in [1.29, 1.82) is 0 Å². The van der Waals surface area contributed by atoms with Crippen LogP contribution in [-0.4, -0.2) is 7.11 Å². The van der Waals surface area contributed by atoms with E-state index in [4.69, 9.17) is 4.74 Å². The van der Waals surface area contributed by atoms with Gasteiger partial charge in [-0.15, -0.1) is 0 Å². The zero-order chi connectivity index (χ0) is 17.4. The minimum Gasteiger partial charge on any atom is -0.497 e. The van der Waals surface area contributed by atoms with Crippen LogP contribution in [0.2, 0.25) is 0 Å². The van der Waals surface area contributed by atoms with Crippen LogP contribution in [0.3, 0.4) is 0 Å². The summed E-state index contributed by atoms with van der Waals surface area (Å²) >= 11 is 0. The molecule has 0 saturated carbocycles. The van der Waals surface area contributed by atoms with Crippen molar-refractivity contribution in [2.45, 2.75) is 47.5 Å². The lowest BCUT2D eigenvalue weighted by Crippen LogP contribution is -2.00. The highest BCUT2D eigenvalue weighted by Gasteiger charge is 2.13. The molecule has 2 aromatic carbocycles. The van der Waals surface area contributed by atoms with Gasteiger partial charge in [-0.2, -0.15) is 0 Å². The Morgan fingerprint density at radius 2 is 1.70 bits per heavy atom. The summed E-state index contributed by atoms with van der Waals surface area (Å²) in [6.07, 6.45) is 1.94. The monoisotopic (exact) mass is 316 g/mol. The number of benzene rings is 2. The zero-order valence-electron chi connectivity index (χ0n) is 15.2. The van der Waals surface area contributed by atoms with Gasteiger partial charge in [-0.3, -0.25) is 0 Å². The van der Waals surface area contributed by atoms with E-state index in [2.05, 4.69) is 32.9 Å². The normalized spacial score (nSPS) is 10.3. The first kappa shape index (κ1) is 19.2. The van der Waals surface area contributed by atoms with Gasteiger partial charge in [0.2, 0.25) is 0 Å². The Labute approximate surface area is 140 Å². The summed E-state index contributed by atoms with van der Waals surface area (Å²) in [6.45, 7) is 10.5. The second-order valence-electron chi connectivity index (χ2n) is 5.79. The third-order valence-corrected chi connectivity index (χ3v) is 3.67. The molecule has 0 fully saturated rings. The van der Waals surface area contributed by atoms with Gasteiger partial charge in [0.1, 0.15) is 11.6 Å². The highest BCUT2D eigenvalue weighted by atomic mass is 19.1. The van der Waals surface area contributed by atoms with Gasteiger partial charge in [0.15, 0.2) is 0 Å². The first-order chi connectivity index (χ1) is 11.0. The average Bonchev–Trinajstić information content (AvgIpc) is 2.57. The molecule has 0 atom stereocenters. The lowest BCUT2D eigenvalue weighted by molar-refractivity contribution is 0.414. The fourth-order valence-electron chi connectivity index (χ4n) is 2.58. The van der Waals surface area contributed by atoms with Crippen molar-refractivity contribution in [2.24, 2.45) is 5.92 Å². The molecule has 0 radical (unpaired) electrons. The maximum Gasteiger partial charge on any atom is 0.131 e. The highest BCUT2D eigenvalue weighted by Crippen LogP contribution is 2.31. The van der Waals surface area contributed by atoms with Crippen molar-refractivity contribution < 1.29 is 9.13 Å². The number of ether oxygens (including phenoxy) is 1. The Hall–Kier alpha value is -1.83. The van der Waals surface area contributed by atoms with Crippen LogP contribution in [0.15, 0.2) is 36.4 Å². The molecule has 2 aromatic rings. The van der Waals surface area contributed by atoms with E-state index in [0.29, 0.717) is 17.2 Å². The maximum absolute atomic E-state index is 14.2. The molecule has 2 heteroatoms. The van der Waals surface area contributed by atoms with Crippen molar-refractivity contribution in [1.82, 2.24) is 0 Å². The molecular weight excluding hydrogens is 287 g/mol. The van der Waals surface area contributed by atoms with Crippen LogP contribution in [0.4, 0.5) is 4.39 Å². The number of methoxy groups -OCH3 is 1. The topological polar surface area (TPSA) is 9.23 Å². The Morgan fingerprint density at radius 3 is 2.26 bits per heavy atom. The summed E-state index contributed by atoms with van der Waals surface area (Å²) < 4.78 is 19.5. The standard InChI is InChI=1S/C19H23FO.C2H6/c1-5-14-6-8-17(15(11-14)10-13(2)3)18-12-16(21-4)7-9-19(18)20;1-2/h6-9,11-13H,5,10H2,1-4H3;1-2H3. The van der Waals surface area contributed by atoms with Crippen molar-refractivity contribution >= 4 is 0 Å². The number of hydrogen-bond acceptors (Lipinski definition) is 1. The molecule has 0 unspecified atom stereocenters. The molecule has 0 amide bonds. The largest absolute Gasteiger partial charge is 0.497 e. The van der Waals surface area contributed by atoms with Crippen LogP contribution in [-0.2, 0) is 12.8 Å². The van der Waals surface area contributed by atoms with Crippen LogP contribution < -0.4 is 4.74 Å². The van der Waals surface area contributed by atoms with E-state index in [1.165, 1.54) is 17.2 Å². The Balaban J connectivity index is 0.00000127. The van der Waals surface area contributed by atoms with Crippen molar-refractivity contribution in [2.75, 3.05) is 7.11 Å². The van der Waals surface area contributed by atoms with E-state index >= 15 is 0 Å². The van der Waals surface area contributed by atoms with Gasteiger partial charge in [-0.1, -0.05) is 52.8 Å². The summed E-state index contributed by atoms with van der Waals surface area (Å²) in [5, 5.41) is 0. The summed E-state index contributed by atoms with van der Waals surface area (Å²) in [5.74, 6) is 1.01. The van der Waals surface area contributed by atoms with Crippen molar-refractivity contribution in [3.8, 4) is 16.9 Å². The van der Waals surface area contributed by atoms with Crippen LogP contribution >= 0.6 is 0 Å². The molecule has 2 rings (SSSR count). The van der Waals surface area contributed by atoms with Crippen LogP contribution in [0.25, 0.3) is 11.1 Å². The van der Waals surface area contributed by atoms with E-state index < -0.39 is 0 Å². The van der Waals surface area contributed by atoms with E-state index in [0.717, 1.165) is 18.4 Å². The third kappa shape index (κ3) is 5.09. The molecule has 0 N–H and O–H groups in total.